The number of benzene rings is 2. The summed E-state index contributed by atoms with van der Waals surface area (Å²) < 4.78 is 16.0. The van der Waals surface area contributed by atoms with Crippen LogP contribution in [0.3, 0.4) is 0 Å². The highest BCUT2D eigenvalue weighted by molar-refractivity contribution is 6.03. The highest BCUT2D eigenvalue weighted by Gasteiger charge is 2.13. The van der Waals surface area contributed by atoms with Crippen LogP contribution in [0.4, 0.5) is 5.69 Å². The molecule has 1 heterocycles. The largest absolute Gasteiger partial charge is 0.493 e. The van der Waals surface area contributed by atoms with Crippen LogP contribution in [0.5, 0.6) is 11.5 Å². The van der Waals surface area contributed by atoms with E-state index in [0.717, 1.165) is 0 Å². The van der Waals surface area contributed by atoms with Gasteiger partial charge in [-0.2, -0.15) is 0 Å². The number of amides is 2. The van der Waals surface area contributed by atoms with Crippen molar-refractivity contribution in [3.05, 3.63) is 78.3 Å². The van der Waals surface area contributed by atoms with Crippen molar-refractivity contribution in [1.29, 1.82) is 0 Å². The van der Waals surface area contributed by atoms with E-state index in [2.05, 4.69) is 10.6 Å². The van der Waals surface area contributed by atoms with Crippen LogP contribution in [0.25, 0.3) is 0 Å². The van der Waals surface area contributed by atoms with Crippen LogP contribution in [0.15, 0.2) is 71.3 Å². The van der Waals surface area contributed by atoms with E-state index in [-0.39, 0.29) is 31.4 Å². The molecule has 0 atom stereocenters. The predicted octanol–water partition coefficient (Wildman–Crippen LogP) is 3.63. The number of methoxy groups -OCH3 is 1. The zero-order valence-corrected chi connectivity index (χ0v) is 16.0. The zero-order valence-electron chi connectivity index (χ0n) is 16.0. The smallest absolute Gasteiger partial charge is 0.253 e. The third-order valence-corrected chi connectivity index (χ3v) is 4.10. The number of hydrogen-bond acceptors (Lipinski definition) is 5. The third-order valence-electron chi connectivity index (χ3n) is 4.10. The Morgan fingerprint density at radius 2 is 1.72 bits per heavy atom. The first-order chi connectivity index (χ1) is 14.2. The van der Waals surface area contributed by atoms with Crippen molar-refractivity contribution < 1.29 is 23.5 Å². The Kier molecular flexibility index (Phi) is 6.89. The fourth-order valence-electron chi connectivity index (χ4n) is 2.67. The van der Waals surface area contributed by atoms with Gasteiger partial charge in [0.25, 0.3) is 5.91 Å². The Labute approximate surface area is 168 Å². The summed E-state index contributed by atoms with van der Waals surface area (Å²) in [7, 11) is 1.56. The zero-order chi connectivity index (χ0) is 20.5. The lowest BCUT2D eigenvalue weighted by Crippen LogP contribution is -2.25. The molecule has 3 aromatic rings. The van der Waals surface area contributed by atoms with E-state index in [1.807, 2.05) is 12.1 Å². The van der Waals surface area contributed by atoms with E-state index in [0.29, 0.717) is 28.5 Å². The van der Waals surface area contributed by atoms with E-state index in [4.69, 9.17) is 13.9 Å². The minimum Gasteiger partial charge on any atom is -0.493 e. The van der Waals surface area contributed by atoms with Crippen LogP contribution >= 0.6 is 0 Å². The molecule has 0 saturated heterocycles. The topological polar surface area (TPSA) is 89.8 Å². The van der Waals surface area contributed by atoms with Crippen LogP contribution in [0.1, 0.15) is 22.5 Å². The van der Waals surface area contributed by atoms with Crippen LogP contribution in [-0.2, 0) is 11.3 Å². The molecule has 2 aromatic carbocycles. The number of anilines is 1. The number of hydrogen-bond donors (Lipinski definition) is 2. The van der Waals surface area contributed by atoms with Gasteiger partial charge in [0, 0.05) is 0 Å². The van der Waals surface area contributed by atoms with E-state index >= 15 is 0 Å². The molecule has 2 N–H and O–H groups in total. The Hall–Kier alpha value is -3.74. The summed E-state index contributed by atoms with van der Waals surface area (Å²) in [6.45, 7) is 0.444. The lowest BCUT2D eigenvalue weighted by molar-refractivity contribution is -0.116. The van der Waals surface area contributed by atoms with Gasteiger partial charge < -0.3 is 24.5 Å². The summed E-state index contributed by atoms with van der Waals surface area (Å²) in [6, 6.07) is 17.6. The molecule has 0 aliphatic rings. The Balaban J connectivity index is 1.54. The number of carbonyl (C=O) groups excluding carboxylic acids is 2. The molecule has 0 fully saturated rings. The van der Waals surface area contributed by atoms with Crippen molar-refractivity contribution in [2.24, 2.45) is 0 Å². The molecule has 7 nitrogen and oxygen atoms in total. The summed E-state index contributed by atoms with van der Waals surface area (Å²) in [4.78, 5) is 24.8. The van der Waals surface area contributed by atoms with Crippen LogP contribution in [0.2, 0.25) is 0 Å². The maximum absolute atomic E-state index is 12.5. The predicted molar refractivity (Wildman–Crippen MR) is 108 cm³/mol. The maximum Gasteiger partial charge on any atom is 0.253 e. The molecule has 1 aromatic heterocycles. The van der Waals surface area contributed by atoms with Crippen molar-refractivity contribution in [2.75, 3.05) is 19.0 Å². The molecule has 7 heteroatoms. The van der Waals surface area contributed by atoms with Crippen LogP contribution in [-0.4, -0.2) is 25.5 Å². The van der Waals surface area contributed by atoms with Crippen molar-refractivity contribution in [3.63, 3.8) is 0 Å². The average Bonchev–Trinajstić information content (AvgIpc) is 3.26. The molecule has 0 aliphatic carbocycles. The number of rotatable bonds is 9. The van der Waals surface area contributed by atoms with Gasteiger partial charge in [-0.05, 0) is 36.4 Å². The normalized spacial score (nSPS) is 10.2. The standard InChI is InChI=1S/C22H22N2O5/c1-27-19-10-4-5-11-20(19)29-14-12-21(25)24-18-9-3-2-8-17(18)22(26)23-15-16-7-6-13-28-16/h2-11,13H,12,14-15H2,1H3,(H,23,26)(H,24,25). The van der Waals surface area contributed by atoms with Gasteiger partial charge in [0.2, 0.25) is 5.91 Å². The minimum atomic E-state index is -0.303. The number of ether oxygens (including phenoxy) is 2. The molecule has 0 saturated carbocycles. The third kappa shape index (κ3) is 5.62. The SMILES string of the molecule is COc1ccccc1OCCC(=O)Nc1ccccc1C(=O)NCc1ccco1. The summed E-state index contributed by atoms with van der Waals surface area (Å²) in [5.41, 5.74) is 0.810. The van der Waals surface area contributed by atoms with Gasteiger partial charge in [0.15, 0.2) is 11.5 Å². The van der Waals surface area contributed by atoms with Gasteiger partial charge in [0.1, 0.15) is 5.76 Å². The van der Waals surface area contributed by atoms with E-state index in [9.17, 15) is 9.59 Å². The second-order valence-corrected chi connectivity index (χ2v) is 6.11. The van der Waals surface area contributed by atoms with Crippen LogP contribution < -0.4 is 20.1 Å². The average molecular weight is 394 g/mol. The number of para-hydroxylation sites is 3. The van der Waals surface area contributed by atoms with E-state index < -0.39 is 0 Å². The maximum atomic E-state index is 12.5. The van der Waals surface area contributed by atoms with Gasteiger partial charge in [-0.3, -0.25) is 9.59 Å². The Bertz CT molecular complexity index is 953. The highest BCUT2D eigenvalue weighted by atomic mass is 16.5. The second kappa shape index (κ2) is 9.98. The minimum absolute atomic E-state index is 0.125. The first-order valence-electron chi connectivity index (χ1n) is 9.12. The summed E-state index contributed by atoms with van der Waals surface area (Å²) in [6.07, 6.45) is 1.67. The van der Waals surface area contributed by atoms with Crippen molar-refractivity contribution in [2.45, 2.75) is 13.0 Å². The summed E-state index contributed by atoms with van der Waals surface area (Å²) in [5, 5.41) is 5.53. The fraction of sp³-hybridized carbons (Fsp3) is 0.182. The first-order valence-corrected chi connectivity index (χ1v) is 9.12. The van der Waals surface area contributed by atoms with Crippen molar-refractivity contribution in [3.8, 4) is 11.5 Å². The molecule has 0 bridgehead atoms. The van der Waals surface area contributed by atoms with Gasteiger partial charge in [-0.25, -0.2) is 0 Å². The molecular weight excluding hydrogens is 372 g/mol. The lowest BCUT2D eigenvalue weighted by atomic mass is 10.1. The molecule has 0 radical (unpaired) electrons. The molecule has 150 valence electrons. The summed E-state index contributed by atoms with van der Waals surface area (Å²) >= 11 is 0. The monoisotopic (exact) mass is 394 g/mol. The number of carbonyl (C=O) groups is 2. The second-order valence-electron chi connectivity index (χ2n) is 6.11. The molecule has 0 unspecified atom stereocenters. The molecular formula is C22H22N2O5. The molecule has 0 spiro atoms. The molecule has 2 amide bonds. The molecule has 0 aliphatic heterocycles. The van der Waals surface area contributed by atoms with Gasteiger partial charge in [-0.15, -0.1) is 0 Å². The van der Waals surface area contributed by atoms with E-state index in [1.54, 1.807) is 61.9 Å². The van der Waals surface area contributed by atoms with Crippen molar-refractivity contribution >= 4 is 17.5 Å². The van der Waals surface area contributed by atoms with Crippen LogP contribution in [0, 0.1) is 0 Å². The number of nitrogens with one attached hydrogen (secondary N) is 2. The van der Waals surface area contributed by atoms with Gasteiger partial charge in [-0.1, -0.05) is 24.3 Å². The van der Waals surface area contributed by atoms with Gasteiger partial charge in [0.05, 0.1) is 44.2 Å². The quantitative estimate of drug-likeness (QED) is 0.579. The lowest BCUT2D eigenvalue weighted by Gasteiger charge is -2.12. The Morgan fingerprint density at radius 3 is 2.48 bits per heavy atom. The molecule has 29 heavy (non-hydrogen) atoms. The van der Waals surface area contributed by atoms with E-state index in [1.165, 1.54) is 0 Å². The molecule has 3 rings (SSSR count). The Morgan fingerprint density at radius 1 is 0.966 bits per heavy atom. The van der Waals surface area contributed by atoms with Crippen molar-refractivity contribution in [1.82, 2.24) is 5.32 Å². The van der Waals surface area contributed by atoms with Gasteiger partial charge >= 0.3 is 0 Å². The number of furan rings is 1. The fourth-order valence-corrected chi connectivity index (χ4v) is 2.67. The summed E-state index contributed by atoms with van der Waals surface area (Å²) in [5.74, 6) is 1.26. The highest BCUT2D eigenvalue weighted by Crippen LogP contribution is 2.25. The first kappa shape index (κ1) is 20.0.